The SMILES string of the molecule is [N]=C(F)F. The van der Waals surface area contributed by atoms with Gasteiger partial charge in [-0.2, -0.15) is 0 Å². The zero-order valence-corrected chi connectivity index (χ0v) is 1.70. The fraction of sp³-hybridized carbons (Fsp3) is 0. The molecule has 1 nitrogen and oxygen atoms in total. The zero-order valence-electron chi connectivity index (χ0n) is 1.70. The fourth-order valence-corrected chi connectivity index (χ4v) is 0. The van der Waals surface area contributed by atoms with Gasteiger partial charge in [0, 0.05) is 0 Å². The van der Waals surface area contributed by atoms with Crippen LogP contribution in [0.25, 0.3) is 0 Å². The predicted molar refractivity (Wildman–Crippen MR) is 9.36 cm³/mol. The molecule has 0 amide bonds. The maximum atomic E-state index is 9.81. The van der Waals surface area contributed by atoms with Crippen LogP contribution >= 0.6 is 0 Å². The molecule has 0 saturated carbocycles. The topological polar surface area (TPSA) is 22.3 Å². The molecule has 0 aliphatic rings. The van der Waals surface area contributed by atoms with Crippen molar-refractivity contribution in [3.63, 3.8) is 0 Å². The lowest BCUT2D eigenvalue weighted by Crippen LogP contribution is -1.66. The normalized spacial score (nSPS) is 6.50. The minimum atomic E-state index is -2.58. The largest absolute Gasteiger partial charge is 0.383 e. The van der Waals surface area contributed by atoms with Gasteiger partial charge in [-0.3, -0.25) is 0 Å². The molecule has 0 spiro atoms. The van der Waals surface area contributed by atoms with E-state index in [9.17, 15) is 8.78 Å². The number of nitrogens with zero attached hydrogens (tertiary/aromatic N) is 1. The van der Waals surface area contributed by atoms with Gasteiger partial charge in [0.05, 0.1) is 0 Å². The lowest BCUT2D eigenvalue weighted by molar-refractivity contribution is 0.617. The quantitative estimate of drug-likeness (QED) is 0.356. The summed E-state index contributed by atoms with van der Waals surface area (Å²) in [5, 5.41) is 6.64. The molecule has 0 fully saturated rings. The Balaban J connectivity index is 2.80. The van der Waals surface area contributed by atoms with Crippen LogP contribution in [0.4, 0.5) is 8.78 Å². The van der Waals surface area contributed by atoms with Crippen LogP contribution in [0.2, 0.25) is 0 Å². The number of halogens is 2. The summed E-state index contributed by atoms with van der Waals surface area (Å²) in [5.74, 6) is 0. The second-order valence-corrected chi connectivity index (χ2v) is 0.240. The molecule has 0 heterocycles. The molecular weight excluding hydrogens is 64.0 g/mol. The van der Waals surface area contributed by atoms with E-state index in [1.807, 2.05) is 0 Å². The van der Waals surface area contributed by atoms with Crippen LogP contribution in [0, 0.1) is 0 Å². The van der Waals surface area contributed by atoms with E-state index in [-0.39, 0.29) is 0 Å². The highest BCUT2D eigenvalue weighted by atomic mass is 19.3. The van der Waals surface area contributed by atoms with Gasteiger partial charge in [-0.25, -0.2) is 0 Å². The molecule has 4 heavy (non-hydrogen) atoms. The molecule has 0 aliphatic carbocycles. The van der Waals surface area contributed by atoms with E-state index >= 15 is 0 Å². The second-order valence-electron chi connectivity index (χ2n) is 0.240. The zero-order chi connectivity index (χ0) is 3.58. The van der Waals surface area contributed by atoms with Crippen LogP contribution in [0.5, 0.6) is 0 Å². The first-order chi connectivity index (χ1) is 1.73. The van der Waals surface area contributed by atoms with Gasteiger partial charge in [-0.15, -0.1) is 8.78 Å². The van der Waals surface area contributed by atoms with Crippen molar-refractivity contribution in [1.82, 2.24) is 5.41 Å². The molecule has 0 saturated heterocycles. The highest BCUT2D eigenvalue weighted by Crippen LogP contribution is 1.62. The summed E-state index contributed by atoms with van der Waals surface area (Å²) < 4.78 is 19.6. The fourth-order valence-electron chi connectivity index (χ4n) is 0. The maximum Gasteiger partial charge on any atom is 0.383 e. The van der Waals surface area contributed by atoms with Crippen LogP contribution in [0.3, 0.4) is 0 Å². The maximum absolute atomic E-state index is 9.81. The molecule has 0 aromatic rings. The molecule has 0 N–H and O–H groups in total. The Kier molecular flexibility index (Phi) is 0.817. The summed E-state index contributed by atoms with van der Waals surface area (Å²) >= 11 is 0. The lowest BCUT2D eigenvalue weighted by atomic mass is 11.5. The second kappa shape index (κ2) is 0.925. The molecule has 0 rings (SSSR count). The van der Waals surface area contributed by atoms with E-state index in [1.54, 1.807) is 0 Å². The van der Waals surface area contributed by atoms with Gasteiger partial charge in [0.15, 0.2) is 0 Å². The smallest absolute Gasteiger partial charge is 0.149 e. The third-order valence-corrected chi connectivity index (χ3v) is 0. The first kappa shape index (κ1) is 3.53. The first-order valence-electron chi connectivity index (χ1n) is 0.602. The molecule has 1 radical (unpaired) electrons. The van der Waals surface area contributed by atoms with Gasteiger partial charge in [0.2, 0.25) is 0 Å². The van der Waals surface area contributed by atoms with Gasteiger partial charge >= 0.3 is 6.22 Å². The van der Waals surface area contributed by atoms with Crippen LogP contribution in [-0.4, -0.2) is 6.22 Å². The summed E-state index contributed by atoms with van der Waals surface area (Å²) in [5.41, 5.74) is 0. The van der Waals surface area contributed by atoms with Gasteiger partial charge in [0.25, 0.3) is 0 Å². The van der Waals surface area contributed by atoms with Crippen molar-refractivity contribution in [3.8, 4) is 0 Å². The Morgan fingerprint density at radius 2 is 1.50 bits per heavy atom. The number of hydrogen-bond acceptors (Lipinski definition) is 0. The number of rotatable bonds is 0. The highest BCUT2D eigenvalue weighted by molar-refractivity contribution is 5.60. The van der Waals surface area contributed by atoms with E-state index in [2.05, 4.69) is 0 Å². The highest BCUT2D eigenvalue weighted by Gasteiger charge is 1.73. The third kappa shape index (κ3) is 1.95. The molecule has 0 atom stereocenters. The Labute approximate surface area is 21.8 Å². The summed E-state index contributed by atoms with van der Waals surface area (Å²) in [6, 6.07) is 0. The van der Waals surface area contributed by atoms with Crippen molar-refractivity contribution < 1.29 is 8.78 Å². The summed E-state index contributed by atoms with van der Waals surface area (Å²) in [6.07, 6.45) is -2.58. The Bertz CT molecular complexity index is 29.0. The van der Waals surface area contributed by atoms with Crippen LogP contribution in [0.15, 0.2) is 0 Å². The standard InChI is InChI=1S/CF2N/c2-1(3)4. The van der Waals surface area contributed by atoms with Crippen molar-refractivity contribution >= 4 is 6.22 Å². The minimum Gasteiger partial charge on any atom is -0.149 e. The van der Waals surface area contributed by atoms with E-state index in [4.69, 9.17) is 5.41 Å². The molecule has 0 aromatic heterocycles. The molecular formula is CF2N. The van der Waals surface area contributed by atoms with Gasteiger partial charge in [-0.1, -0.05) is 5.41 Å². The van der Waals surface area contributed by atoms with Crippen LogP contribution < -0.4 is 5.41 Å². The van der Waals surface area contributed by atoms with Crippen molar-refractivity contribution in [2.45, 2.75) is 0 Å². The van der Waals surface area contributed by atoms with Crippen molar-refractivity contribution in [2.24, 2.45) is 0 Å². The molecule has 23 valence electrons. The Morgan fingerprint density at radius 3 is 1.50 bits per heavy atom. The Hall–Kier alpha value is -0.470. The van der Waals surface area contributed by atoms with Crippen molar-refractivity contribution in [2.75, 3.05) is 0 Å². The molecule has 3 heteroatoms. The average molecular weight is 64.0 g/mol. The van der Waals surface area contributed by atoms with Crippen LogP contribution in [-0.2, 0) is 0 Å². The van der Waals surface area contributed by atoms with Crippen molar-refractivity contribution in [1.29, 1.82) is 0 Å². The number of hydrogen-bond donors (Lipinski definition) is 0. The van der Waals surface area contributed by atoms with E-state index in [0.29, 0.717) is 0 Å². The van der Waals surface area contributed by atoms with E-state index in [0.717, 1.165) is 0 Å². The molecule has 0 bridgehead atoms. The molecule has 0 aromatic carbocycles. The minimum absolute atomic E-state index is 2.58. The monoisotopic (exact) mass is 64.0 g/mol. The lowest BCUT2D eigenvalue weighted by Gasteiger charge is -1.48. The van der Waals surface area contributed by atoms with E-state index < -0.39 is 6.22 Å². The van der Waals surface area contributed by atoms with Crippen molar-refractivity contribution in [3.05, 3.63) is 0 Å². The van der Waals surface area contributed by atoms with Gasteiger partial charge in [-0.05, 0) is 0 Å². The first-order valence-corrected chi connectivity index (χ1v) is 0.602. The third-order valence-electron chi connectivity index (χ3n) is 0. The van der Waals surface area contributed by atoms with Gasteiger partial charge < -0.3 is 0 Å². The molecule has 0 aliphatic heterocycles. The molecule has 0 unspecified atom stereocenters. The van der Waals surface area contributed by atoms with Gasteiger partial charge in [0.1, 0.15) is 0 Å². The summed E-state index contributed by atoms with van der Waals surface area (Å²) in [7, 11) is 0. The summed E-state index contributed by atoms with van der Waals surface area (Å²) in [6.45, 7) is 0. The van der Waals surface area contributed by atoms with E-state index in [1.165, 1.54) is 0 Å². The van der Waals surface area contributed by atoms with Crippen LogP contribution in [0.1, 0.15) is 0 Å². The predicted octanol–water partition coefficient (Wildman–Crippen LogP) is 0.0815. The summed E-state index contributed by atoms with van der Waals surface area (Å²) in [4.78, 5) is 0. The average Bonchev–Trinajstić information content (AvgIpc) is 0.811. The Morgan fingerprint density at radius 1 is 1.50 bits per heavy atom.